The second-order valence-electron chi connectivity index (χ2n) is 4.66. The van der Waals surface area contributed by atoms with Gasteiger partial charge in [-0.05, 0) is 30.7 Å². The van der Waals surface area contributed by atoms with Gasteiger partial charge in [0, 0.05) is 5.39 Å². The molecule has 1 N–H and O–H groups in total. The molecule has 0 fully saturated rings. The minimum atomic E-state index is -0.708. The van der Waals surface area contributed by atoms with E-state index in [4.69, 9.17) is 9.15 Å². The number of hydrogen-bond donors (Lipinski definition) is 1. The van der Waals surface area contributed by atoms with E-state index in [0.29, 0.717) is 21.9 Å². The van der Waals surface area contributed by atoms with E-state index in [2.05, 4.69) is 15.5 Å². The van der Waals surface area contributed by atoms with Crippen LogP contribution in [0.15, 0.2) is 33.5 Å². The van der Waals surface area contributed by atoms with Gasteiger partial charge in [0.1, 0.15) is 21.9 Å². The van der Waals surface area contributed by atoms with Gasteiger partial charge in [0.2, 0.25) is 5.13 Å². The predicted molar refractivity (Wildman–Crippen MR) is 86.3 cm³/mol. The van der Waals surface area contributed by atoms with Crippen LogP contribution in [0, 0.1) is 0 Å². The van der Waals surface area contributed by atoms with Crippen LogP contribution in [0.4, 0.5) is 5.13 Å². The zero-order chi connectivity index (χ0) is 16.4. The summed E-state index contributed by atoms with van der Waals surface area (Å²) in [4.78, 5) is 24.3. The van der Waals surface area contributed by atoms with Crippen LogP contribution in [0.5, 0.6) is 5.75 Å². The highest BCUT2D eigenvalue weighted by atomic mass is 32.1. The molecular formula is C15H13N3O4S. The fourth-order valence-electron chi connectivity index (χ4n) is 2.00. The maximum Gasteiger partial charge on any atom is 0.349 e. The van der Waals surface area contributed by atoms with Crippen LogP contribution in [0.2, 0.25) is 0 Å². The fourth-order valence-corrected chi connectivity index (χ4v) is 2.67. The van der Waals surface area contributed by atoms with Crippen molar-refractivity contribution in [3.63, 3.8) is 0 Å². The molecule has 7 nitrogen and oxygen atoms in total. The van der Waals surface area contributed by atoms with Gasteiger partial charge < -0.3 is 9.15 Å². The predicted octanol–water partition coefficient (Wildman–Crippen LogP) is 2.47. The number of carbonyl (C=O) groups excluding carboxylic acids is 1. The molecule has 1 aromatic carbocycles. The summed E-state index contributed by atoms with van der Waals surface area (Å²) in [6.45, 7) is 1.94. The Kier molecular flexibility index (Phi) is 4.07. The number of amides is 1. The van der Waals surface area contributed by atoms with Gasteiger partial charge in [-0.1, -0.05) is 18.3 Å². The Morgan fingerprint density at radius 2 is 2.17 bits per heavy atom. The molecule has 0 aliphatic heterocycles. The lowest BCUT2D eigenvalue weighted by Crippen LogP contribution is -2.20. The van der Waals surface area contributed by atoms with Crippen molar-refractivity contribution in [2.75, 3.05) is 12.4 Å². The highest BCUT2D eigenvalue weighted by Gasteiger charge is 2.16. The number of rotatable bonds is 4. The van der Waals surface area contributed by atoms with Crippen LogP contribution in [0.3, 0.4) is 0 Å². The molecule has 23 heavy (non-hydrogen) atoms. The number of aromatic nitrogens is 2. The number of aryl methyl sites for hydroxylation is 1. The second-order valence-corrected chi connectivity index (χ2v) is 5.72. The number of methoxy groups -OCH3 is 1. The van der Waals surface area contributed by atoms with E-state index >= 15 is 0 Å². The summed E-state index contributed by atoms with van der Waals surface area (Å²) in [6.07, 6.45) is 0.728. The number of benzene rings is 1. The molecule has 2 aromatic heterocycles. The molecule has 0 atom stereocenters. The standard InChI is InChI=1S/C15H13N3O4S/c1-3-12-17-18-15(23-12)16-13(19)10-7-8-6-9(21-2)4-5-11(8)22-14(10)20/h4-7H,3H2,1-2H3,(H,16,18,19). The van der Waals surface area contributed by atoms with Crippen LogP contribution in [-0.4, -0.2) is 23.2 Å². The van der Waals surface area contributed by atoms with Crippen molar-refractivity contribution in [3.05, 3.63) is 45.3 Å². The lowest BCUT2D eigenvalue weighted by Gasteiger charge is -2.04. The molecule has 2 heterocycles. The SMILES string of the molecule is CCc1nnc(NC(=O)c2cc3cc(OC)ccc3oc2=O)s1. The summed E-state index contributed by atoms with van der Waals surface area (Å²) in [5.41, 5.74) is -0.420. The molecule has 0 saturated heterocycles. The smallest absolute Gasteiger partial charge is 0.349 e. The average molecular weight is 331 g/mol. The molecule has 0 unspecified atom stereocenters. The molecule has 1 amide bonds. The van der Waals surface area contributed by atoms with Crippen molar-refractivity contribution in [1.29, 1.82) is 0 Å². The molecule has 118 valence electrons. The highest BCUT2D eigenvalue weighted by molar-refractivity contribution is 7.15. The lowest BCUT2D eigenvalue weighted by atomic mass is 10.1. The van der Waals surface area contributed by atoms with Gasteiger partial charge in [-0.25, -0.2) is 4.79 Å². The van der Waals surface area contributed by atoms with E-state index < -0.39 is 11.5 Å². The van der Waals surface area contributed by atoms with Gasteiger partial charge in [-0.3, -0.25) is 10.1 Å². The van der Waals surface area contributed by atoms with Gasteiger partial charge in [0.15, 0.2) is 0 Å². The van der Waals surface area contributed by atoms with Crippen molar-refractivity contribution in [1.82, 2.24) is 10.2 Å². The van der Waals surface area contributed by atoms with Crippen LogP contribution in [0.25, 0.3) is 11.0 Å². The van der Waals surface area contributed by atoms with Gasteiger partial charge >= 0.3 is 5.63 Å². The topological polar surface area (TPSA) is 94.3 Å². The zero-order valence-corrected chi connectivity index (χ0v) is 13.3. The van der Waals surface area contributed by atoms with E-state index in [1.54, 1.807) is 18.2 Å². The maximum absolute atomic E-state index is 12.3. The monoisotopic (exact) mass is 331 g/mol. The summed E-state index contributed by atoms with van der Waals surface area (Å²) in [6, 6.07) is 6.46. The largest absolute Gasteiger partial charge is 0.497 e. The van der Waals surface area contributed by atoms with E-state index in [1.807, 2.05) is 6.92 Å². The normalized spacial score (nSPS) is 10.7. The third-order valence-corrected chi connectivity index (χ3v) is 4.16. The van der Waals surface area contributed by atoms with E-state index in [-0.39, 0.29) is 5.56 Å². The zero-order valence-electron chi connectivity index (χ0n) is 12.5. The van der Waals surface area contributed by atoms with Crippen LogP contribution < -0.4 is 15.7 Å². The molecule has 0 spiro atoms. The molecule has 8 heteroatoms. The molecule has 0 aliphatic carbocycles. The number of anilines is 1. The van der Waals surface area contributed by atoms with Crippen molar-refractivity contribution in [2.24, 2.45) is 0 Å². The first-order chi connectivity index (χ1) is 11.1. The van der Waals surface area contributed by atoms with Gasteiger partial charge in [0.25, 0.3) is 5.91 Å². The second kappa shape index (κ2) is 6.17. The summed E-state index contributed by atoms with van der Waals surface area (Å²) < 4.78 is 10.3. The first-order valence-electron chi connectivity index (χ1n) is 6.86. The number of ether oxygens (including phenoxy) is 1. The van der Waals surface area contributed by atoms with Crippen LogP contribution in [-0.2, 0) is 6.42 Å². The van der Waals surface area contributed by atoms with Gasteiger partial charge in [0.05, 0.1) is 7.11 Å². The number of carbonyl (C=O) groups is 1. The summed E-state index contributed by atoms with van der Waals surface area (Å²) >= 11 is 1.26. The summed E-state index contributed by atoms with van der Waals surface area (Å²) in [7, 11) is 1.54. The van der Waals surface area contributed by atoms with E-state index in [1.165, 1.54) is 24.5 Å². The van der Waals surface area contributed by atoms with Gasteiger partial charge in [-0.15, -0.1) is 10.2 Å². The molecular weight excluding hydrogens is 318 g/mol. The van der Waals surface area contributed by atoms with E-state index in [9.17, 15) is 9.59 Å². The number of nitrogens with zero attached hydrogens (tertiary/aromatic N) is 2. The van der Waals surface area contributed by atoms with Crippen molar-refractivity contribution >= 4 is 33.3 Å². The third kappa shape index (κ3) is 3.07. The number of nitrogens with one attached hydrogen (secondary N) is 1. The highest BCUT2D eigenvalue weighted by Crippen LogP contribution is 2.21. The van der Waals surface area contributed by atoms with Crippen molar-refractivity contribution < 1.29 is 13.9 Å². The first kappa shape index (κ1) is 15.2. The first-order valence-corrected chi connectivity index (χ1v) is 7.68. The van der Waals surface area contributed by atoms with E-state index in [0.717, 1.165) is 11.4 Å². The molecule has 0 bridgehead atoms. The maximum atomic E-state index is 12.3. The lowest BCUT2D eigenvalue weighted by molar-refractivity contribution is 0.102. The summed E-state index contributed by atoms with van der Waals surface area (Å²) in [5, 5.41) is 12.1. The molecule has 0 aliphatic rings. The van der Waals surface area contributed by atoms with Gasteiger partial charge in [-0.2, -0.15) is 0 Å². The Morgan fingerprint density at radius 1 is 1.35 bits per heavy atom. The third-order valence-electron chi connectivity index (χ3n) is 3.17. The Morgan fingerprint density at radius 3 is 2.87 bits per heavy atom. The Balaban J connectivity index is 1.95. The average Bonchev–Trinajstić information content (AvgIpc) is 3.01. The van der Waals surface area contributed by atoms with Crippen LogP contribution >= 0.6 is 11.3 Å². The Bertz CT molecular complexity index is 932. The Labute approximate surface area is 134 Å². The Hall–Kier alpha value is -2.74. The fraction of sp³-hybridized carbons (Fsp3) is 0.200. The minimum absolute atomic E-state index is 0.0981. The number of fused-ring (bicyclic) bond motifs is 1. The van der Waals surface area contributed by atoms with Crippen LogP contribution in [0.1, 0.15) is 22.3 Å². The molecule has 3 rings (SSSR count). The number of hydrogen-bond acceptors (Lipinski definition) is 7. The molecule has 0 saturated carbocycles. The molecule has 0 radical (unpaired) electrons. The molecule has 3 aromatic rings. The minimum Gasteiger partial charge on any atom is -0.497 e. The summed E-state index contributed by atoms with van der Waals surface area (Å²) in [5.74, 6) is 0.0247. The quantitative estimate of drug-likeness (QED) is 0.738. The van der Waals surface area contributed by atoms with Crippen molar-refractivity contribution in [3.8, 4) is 5.75 Å². The van der Waals surface area contributed by atoms with Crippen molar-refractivity contribution in [2.45, 2.75) is 13.3 Å².